The van der Waals surface area contributed by atoms with Crippen molar-refractivity contribution in [1.82, 2.24) is 9.55 Å². The first-order chi connectivity index (χ1) is 8.04. The number of rotatable bonds is 2. The molecule has 3 N–H and O–H groups in total. The van der Waals surface area contributed by atoms with Crippen molar-refractivity contribution in [2.24, 2.45) is 0 Å². The molecule has 0 amide bonds. The monoisotopic (exact) mass is 306 g/mol. The Morgan fingerprint density at radius 2 is 2.29 bits per heavy atom. The molecular weight excluding hydrogens is 296 g/mol. The minimum absolute atomic E-state index is 0.0880. The van der Waals surface area contributed by atoms with Crippen LogP contribution in [0.1, 0.15) is 12.6 Å². The van der Waals surface area contributed by atoms with E-state index in [2.05, 4.69) is 20.9 Å². The SMILES string of the molecule is O=c1[nH]cc(Br)c(=O)n1[C@H]1C[C@H](O)[C@@H](CO)O1. The molecule has 0 spiro atoms. The van der Waals surface area contributed by atoms with E-state index >= 15 is 0 Å². The fourth-order valence-corrected chi connectivity index (χ4v) is 2.07. The lowest BCUT2D eigenvalue weighted by molar-refractivity contribution is -0.0470. The molecule has 0 aromatic carbocycles. The van der Waals surface area contributed by atoms with E-state index in [1.165, 1.54) is 6.20 Å². The molecular formula is C9H11BrN2O5. The van der Waals surface area contributed by atoms with E-state index in [1.54, 1.807) is 0 Å². The van der Waals surface area contributed by atoms with E-state index in [4.69, 9.17) is 9.84 Å². The zero-order valence-corrected chi connectivity index (χ0v) is 10.3. The molecule has 1 aliphatic heterocycles. The predicted molar refractivity (Wildman–Crippen MR) is 60.6 cm³/mol. The fraction of sp³-hybridized carbons (Fsp3) is 0.556. The average Bonchev–Trinajstić information content (AvgIpc) is 2.65. The molecule has 17 heavy (non-hydrogen) atoms. The number of ether oxygens (including phenoxy) is 1. The smallest absolute Gasteiger partial charge is 0.330 e. The van der Waals surface area contributed by atoms with Crippen LogP contribution < -0.4 is 11.2 Å². The molecule has 2 rings (SSSR count). The van der Waals surface area contributed by atoms with E-state index in [9.17, 15) is 14.7 Å². The molecule has 8 heteroatoms. The number of aromatic nitrogens is 2. The van der Waals surface area contributed by atoms with Crippen molar-refractivity contribution in [3.63, 3.8) is 0 Å². The van der Waals surface area contributed by atoms with Gasteiger partial charge in [-0.2, -0.15) is 0 Å². The van der Waals surface area contributed by atoms with Gasteiger partial charge in [-0.15, -0.1) is 0 Å². The summed E-state index contributed by atoms with van der Waals surface area (Å²) in [7, 11) is 0. The van der Waals surface area contributed by atoms with Gasteiger partial charge in [0.25, 0.3) is 5.56 Å². The van der Waals surface area contributed by atoms with Crippen LogP contribution >= 0.6 is 15.9 Å². The number of nitrogens with one attached hydrogen (secondary N) is 1. The standard InChI is InChI=1S/C9H11BrN2O5/c10-4-2-11-9(16)12(8(4)15)7-1-5(14)6(3-13)17-7/h2,5-7,13-14H,1,3H2,(H,11,16)/t5-,6+,7+/m0/s1. The lowest BCUT2D eigenvalue weighted by Gasteiger charge is -2.13. The molecule has 7 nitrogen and oxygen atoms in total. The van der Waals surface area contributed by atoms with Crippen LogP contribution in [-0.2, 0) is 4.74 Å². The van der Waals surface area contributed by atoms with Gasteiger partial charge in [-0.25, -0.2) is 9.36 Å². The van der Waals surface area contributed by atoms with Crippen LogP contribution in [0.25, 0.3) is 0 Å². The summed E-state index contributed by atoms with van der Waals surface area (Å²) in [6.45, 7) is -0.363. The quantitative estimate of drug-likeness (QED) is 0.646. The highest BCUT2D eigenvalue weighted by atomic mass is 79.9. The van der Waals surface area contributed by atoms with Gasteiger partial charge in [-0.1, -0.05) is 0 Å². The van der Waals surface area contributed by atoms with Gasteiger partial charge in [0.2, 0.25) is 0 Å². The zero-order chi connectivity index (χ0) is 12.6. The highest BCUT2D eigenvalue weighted by Crippen LogP contribution is 2.26. The molecule has 0 saturated carbocycles. The lowest BCUT2D eigenvalue weighted by Crippen LogP contribution is -2.38. The Morgan fingerprint density at radius 1 is 1.59 bits per heavy atom. The van der Waals surface area contributed by atoms with Crippen molar-refractivity contribution < 1.29 is 14.9 Å². The van der Waals surface area contributed by atoms with Gasteiger partial charge >= 0.3 is 5.69 Å². The number of aliphatic hydroxyl groups is 2. The second kappa shape index (κ2) is 4.73. The number of hydrogen-bond donors (Lipinski definition) is 3. The van der Waals surface area contributed by atoms with Crippen molar-refractivity contribution in [1.29, 1.82) is 0 Å². The lowest BCUT2D eigenvalue weighted by atomic mass is 10.2. The highest BCUT2D eigenvalue weighted by molar-refractivity contribution is 9.10. The van der Waals surface area contributed by atoms with E-state index < -0.39 is 29.7 Å². The Labute approximate surface area is 104 Å². The van der Waals surface area contributed by atoms with Crippen LogP contribution in [0.5, 0.6) is 0 Å². The van der Waals surface area contributed by atoms with E-state index in [0.717, 1.165) is 4.57 Å². The summed E-state index contributed by atoms with van der Waals surface area (Å²) >= 11 is 3.00. The van der Waals surface area contributed by atoms with Crippen molar-refractivity contribution >= 4 is 15.9 Å². The van der Waals surface area contributed by atoms with Crippen LogP contribution in [0.4, 0.5) is 0 Å². The summed E-state index contributed by atoms with van der Waals surface area (Å²) in [6.07, 6.45) is -1.20. The number of halogens is 1. The Hall–Kier alpha value is -0.960. The number of aliphatic hydroxyl groups excluding tert-OH is 2. The van der Waals surface area contributed by atoms with E-state index in [-0.39, 0.29) is 17.5 Å². The number of aromatic amines is 1. The number of hydrogen-bond acceptors (Lipinski definition) is 5. The molecule has 1 saturated heterocycles. The molecule has 1 fully saturated rings. The normalized spacial score (nSPS) is 28.5. The van der Waals surface area contributed by atoms with Gasteiger partial charge in [-0.3, -0.25) is 4.79 Å². The van der Waals surface area contributed by atoms with Gasteiger partial charge in [0.1, 0.15) is 12.3 Å². The van der Waals surface area contributed by atoms with E-state index in [0.29, 0.717) is 0 Å². The first kappa shape index (κ1) is 12.5. The number of nitrogens with zero attached hydrogens (tertiary/aromatic N) is 1. The summed E-state index contributed by atoms with van der Waals surface area (Å²) in [6, 6.07) is 0. The highest BCUT2D eigenvalue weighted by Gasteiger charge is 2.35. The van der Waals surface area contributed by atoms with Gasteiger partial charge in [0.15, 0.2) is 0 Å². The van der Waals surface area contributed by atoms with E-state index in [1.807, 2.05) is 0 Å². The van der Waals surface area contributed by atoms with Crippen LogP contribution in [0.3, 0.4) is 0 Å². The molecule has 94 valence electrons. The molecule has 0 radical (unpaired) electrons. The maximum absolute atomic E-state index is 11.8. The third-order valence-electron chi connectivity index (χ3n) is 2.64. The summed E-state index contributed by atoms with van der Waals surface area (Å²) in [5.41, 5.74) is -1.15. The Morgan fingerprint density at radius 3 is 2.88 bits per heavy atom. The first-order valence-electron chi connectivity index (χ1n) is 4.98. The maximum Gasteiger partial charge on any atom is 0.330 e. The second-order valence-electron chi connectivity index (χ2n) is 3.73. The Bertz CT molecular complexity index is 525. The molecule has 0 bridgehead atoms. The summed E-state index contributed by atoms with van der Waals surface area (Å²) < 4.78 is 6.32. The summed E-state index contributed by atoms with van der Waals surface area (Å²) in [5, 5.41) is 18.5. The molecule has 3 atom stereocenters. The third kappa shape index (κ3) is 2.21. The predicted octanol–water partition coefficient (Wildman–Crippen LogP) is -1.06. The van der Waals surface area contributed by atoms with Crippen molar-refractivity contribution in [2.75, 3.05) is 6.61 Å². The van der Waals surface area contributed by atoms with Crippen LogP contribution in [0.15, 0.2) is 20.3 Å². The Kier molecular flexibility index (Phi) is 3.48. The van der Waals surface area contributed by atoms with Crippen LogP contribution in [0.2, 0.25) is 0 Å². The molecule has 0 unspecified atom stereocenters. The van der Waals surface area contributed by atoms with Gasteiger partial charge in [0, 0.05) is 12.6 Å². The first-order valence-corrected chi connectivity index (χ1v) is 5.78. The summed E-state index contributed by atoms with van der Waals surface area (Å²) in [5.74, 6) is 0. The van der Waals surface area contributed by atoms with Gasteiger partial charge < -0.3 is 19.9 Å². The van der Waals surface area contributed by atoms with Gasteiger partial charge in [-0.05, 0) is 15.9 Å². The average molecular weight is 307 g/mol. The molecule has 1 aliphatic rings. The molecule has 0 aliphatic carbocycles. The topological polar surface area (TPSA) is 105 Å². The maximum atomic E-state index is 11.8. The van der Waals surface area contributed by atoms with Crippen molar-refractivity contribution in [3.8, 4) is 0 Å². The van der Waals surface area contributed by atoms with Crippen molar-refractivity contribution in [2.45, 2.75) is 24.9 Å². The largest absolute Gasteiger partial charge is 0.394 e. The Balaban J connectivity index is 2.40. The minimum atomic E-state index is -0.893. The van der Waals surface area contributed by atoms with Crippen LogP contribution in [-0.4, -0.2) is 38.6 Å². The minimum Gasteiger partial charge on any atom is -0.394 e. The molecule has 2 heterocycles. The molecule has 1 aromatic heterocycles. The number of H-pyrrole nitrogens is 1. The van der Waals surface area contributed by atoms with Gasteiger partial charge in [0.05, 0.1) is 17.2 Å². The molecule has 1 aromatic rings. The fourth-order valence-electron chi connectivity index (χ4n) is 1.76. The van der Waals surface area contributed by atoms with Crippen LogP contribution in [0, 0.1) is 0 Å². The zero-order valence-electron chi connectivity index (χ0n) is 8.67. The summed E-state index contributed by atoms with van der Waals surface area (Å²) in [4.78, 5) is 25.7. The second-order valence-corrected chi connectivity index (χ2v) is 4.59. The third-order valence-corrected chi connectivity index (χ3v) is 3.20. The van der Waals surface area contributed by atoms with Crippen molar-refractivity contribution in [3.05, 3.63) is 31.5 Å².